The first-order valence-corrected chi connectivity index (χ1v) is 8.08. The number of ether oxygens (including phenoxy) is 2. The van der Waals surface area contributed by atoms with Gasteiger partial charge >= 0.3 is 0 Å². The van der Waals surface area contributed by atoms with E-state index in [0.717, 1.165) is 21.7 Å². The zero-order valence-electron chi connectivity index (χ0n) is 14.2. The molecule has 3 aromatic rings. The average molecular weight is 346 g/mol. The minimum absolute atomic E-state index is 0.335. The molecular formula is C16H18N4O3S. The molecule has 0 aliphatic carbocycles. The van der Waals surface area contributed by atoms with Crippen LogP contribution in [-0.2, 0) is 14.1 Å². The van der Waals surface area contributed by atoms with Crippen molar-refractivity contribution in [1.29, 1.82) is 0 Å². The second-order valence-corrected chi connectivity index (χ2v) is 6.28. The molecule has 0 N–H and O–H groups in total. The van der Waals surface area contributed by atoms with Gasteiger partial charge in [-0.25, -0.2) is 0 Å². The smallest absolute Gasteiger partial charge is 0.297 e. The quantitative estimate of drug-likeness (QED) is 0.728. The van der Waals surface area contributed by atoms with Crippen LogP contribution in [0.5, 0.6) is 11.5 Å². The van der Waals surface area contributed by atoms with E-state index in [9.17, 15) is 4.79 Å². The Morgan fingerprint density at radius 2 is 1.88 bits per heavy atom. The van der Waals surface area contributed by atoms with Crippen LogP contribution >= 0.6 is 11.3 Å². The first-order valence-electron chi connectivity index (χ1n) is 7.26. The number of aryl methyl sites for hydroxylation is 3. The molecule has 0 aliphatic heterocycles. The van der Waals surface area contributed by atoms with Gasteiger partial charge < -0.3 is 14.0 Å². The van der Waals surface area contributed by atoms with E-state index in [1.807, 2.05) is 30.7 Å². The Labute approximate surface area is 142 Å². The number of aromatic nitrogens is 3. The van der Waals surface area contributed by atoms with Gasteiger partial charge in [-0.2, -0.15) is 10.1 Å². The van der Waals surface area contributed by atoms with Gasteiger partial charge in [-0.05, 0) is 25.1 Å². The Bertz CT molecular complexity index is 997. The Morgan fingerprint density at radius 1 is 1.21 bits per heavy atom. The van der Waals surface area contributed by atoms with Crippen LogP contribution in [-0.4, -0.2) is 34.5 Å². The lowest BCUT2D eigenvalue weighted by molar-refractivity contribution is 0.0989. The maximum Gasteiger partial charge on any atom is 0.297 e. The van der Waals surface area contributed by atoms with Gasteiger partial charge in [-0.15, -0.1) is 0 Å². The molecule has 0 unspecified atom stereocenters. The van der Waals surface area contributed by atoms with E-state index in [2.05, 4.69) is 10.1 Å². The first-order chi connectivity index (χ1) is 11.5. The molecule has 0 radical (unpaired) electrons. The SMILES string of the molecule is COc1ccc(OC)c2c1sc(=NC(=O)c1cc(C)nn1C)n2C. The summed E-state index contributed by atoms with van der Waals surface area (Å²) in [4.78, 5) is 17.3. The molecule has 1 amide bonds. The summed E-state index contributed by atoms with van der Waals surface area (Å²) in [6.45, 7) is 1.84. The lowest BCUT2D eigenvalue weighted by atomic mass is 10.3. The van der Waals surface area contributed by atoms with E-state index in [1.54, 1.807) is 27.3 Å². The molecule has 2 heterocycles. The van der Waals surface area contributed by atoms with Crippen molar-refractivity contribution in [2.45, 2.75) is 6.92 Å². The van der Waals surface area contributed by atoms with Crippen LogP contribution in [0.2, 0.25) is 0 Å². The Balaban J connectivity index is 2.21. The van der Waals surface area contributed by atoms with Gasteiger partial charge in [-0.1, -0.05) is 11.3 Å². The highest BCUT2D eigenvalue weighted by atomic mass is 32.1. The molecule has 0 saturated heterocycles. The molecule has 0 saturated carbocycles. The third-order valence-corrected chi connectivity index (χ3v) is 4.88. The third-order valence-electron chi connectivity index (χ3n) is 3.73. The normalized spacial score (nSPS) is 12.0. The molecule has 7 nitrogen and oxygen atoms in total. The minimum Gasteiger partial charge on any atom is -0.495 e. The highest BCUT2D eigenvalue weighted by Crippen LogP contribution is 2.34. The molecule has 0 fully saturated rings. The Hall–Kier alpha value is -2.61. The molecule has 0 atom stereocenters. The highest BCUT2D eigenvalue weighted by molar-refractivity contribution is 7.16. The summed E-state index contributed by atoms with van der Waals surface area (Å²) in [6, 6.07) is 5.40. The average Bonchev–Trinajstić information content (AvgIpc) is 3.06. The molecule has 0 bridgehead atoms. The van der Waals surface area contributed by atoms with E-state index in [-0.39, 0.29) is 5.91 Å². The molecule has 0 spiro atoms. The monoisotopic (exact) mass is 346 g/mol. The highest BCUT2D eigenvalue weighted by Gasteiger charge is 2.16. The van der Waals surface area contributed by atoms with Gasteiger partial charge in [0.25, 0.3) is 5.91 Å². The van der Waals surface area contributed by atoms with Gasteiger partial charge in [0, 0.05) is 14.1 Å². The lowest BCUT2D eigenvalue weighted by Gasteiger charge is -2.06. The summed E-state index contributed by atoms with van der Waals surface area (Å²) in [5.41, 5.74) is 2.07. The maximum absolute atomic E-state index is 12.5. The lowest BCUT2D eigenvalue weighted by Crippen LogP contribution is -2.15. The summed E-state index contributed by atoms with van der Waals surface area (Å²) < 4.78 is 15.1. The predicted octanol–water partition coefficient (Wildman–Crippen LogP) is 2.04. The van der Waals surface area contributed by atoms with Crippen molar-refractivity contribution in [2.75, 3.05) is 14.2 Å². The van der Waals surface area contributed by atoms with E-state index in [1.165, 1.54) is 16.0 Å². The number of rotatable bonds is 3. The summed E-state index contributed by atoms with van der Waals surface area (Å²) in [7, 11) is 6.80. The second-order valence-electron chi connectivity index (χ2n) is 5.30. The minimum atomic E-state index is -0.335. The number of thiazole rings is 1. The van der Waals surface area contributed by atoms with Crippen molar-refractivity contribution < 1.29 is 14.3 Å². The van der Waals surface area contributed by atoms with Crippen molar-refractivity contribution in [2.24, 2.45) is 19.1 Å². The Morgan fingerprint density at radius 3 is 2.46 bits per heavy atom. The third kappa shape index (κ3) is 2.58. The predicted molar refractivity (Wildman–Crippen MR) is 91.7 cm³/mol. The first kappa shape index (κ1) is 16.3. The van der Waals surface area contributed by atoms with Crippen LogP contribution in [0.15, 0.2) is 23.2 Å². The van der Waals surface area contributed by atoms with Crippen LogP contribution in [0.4, 0.5) is 0 Å². The van der Waals surface area contributed by atoms with Gasteiger partial charge in [0.05, 0.1) is 19.9 Å². The molecule has 24 heavy (non-hydrogen) atoms. The maximum atomic E-state index is 12.5. The van der Waals surface area contributed by atoms with E-state index >= 15 is 0 Å². The summed E-state index contributed by atoms with van der Waals surface area (Å²) in [5.74, 6) is 1.09. The zero-order chi connectivity index (χ0) is 17.4. The van der Waals surface area contributed by atoms with Crippen LogP contribution in [0, 0.1) is 6.92 Å². The standard InChI is InChI=1S/C16H18N4O3S/c1-9-8-10(20(3)18-9)15(21)17-16-19(2)13-11(22-4)6-7-12(23-5)14(13)24-16/h6-8H,1-5H3. The molecule has 2 aromatic heterocycles. The fraction of sp³-hybridized carbons (Fsp3) is 0.312. The van der Waals surface area contributed by atoms with Crippen molar-refractivity contribution >= 4 is 27.5 Å². The van der Waals surface area contributed by atoms with Crippen LogP contribution in [0.1, 0.15) is 16.2 Å². The second kappa shape index (κ2) is 6.12. The van der Waals surface area contributed by atoms with Crippen LogP contribution in [0.25, 0.3) is 10.2 Å². The number of fused-ring (bicyclic) bond motifs is 1. The van der Waals surface area contributed by atoms with E-state index < -0.39 is 0 Å². The zero-order valence-corrected chi connectivity index (χ0v) is 15.0. The summed E-state index contributed by atoms with van der Waals surface area (Å²) in [6.07, 6.45) is 0. The fourth-order valence-corrected chi connectivity index (χ4v) is 3.71. The van der Waals surface area contributed by atoms with Crippen molar-refractivity contribution in [3.05, 3.63) is 34.4 Å². The van der Waals surface area contributed by atoms with Crippen LogP contribution < -0.4 is 14.3 Å². The van der Waals surface area contributed by atoms with Gasteiger partial charge in [0.15, 0.2) is 4.80 Å². The number of carbonyl (C=O) groups excluding carboxylic acids is 1. The molecule has 8 heteroatoms. The molecule has 1 aromatic carbocycles. The van der Waals surface area contributed by atoms with Crippen molar-refractivity contribution in [3.8, 4) is 11.5 Å². The van der Waals surface area contributed by atoms with Crippen molar-refractivity contribution in [3.63, 3.8) is 0 Å². The molecule has 126 valence electrons. The summed E-state index contributed by atoms with van der Waals surface area (Å²) >= 11 is 1.38. The van der Waals surface area contributed by atoms with E-state index in [4.69, 9.17) is 9.47 Å². The number of hydrogen-bond donors (Lipinski definition) is 0. The summed E-state index contributed by atoms with van der Waals surface area (Å²) in [5, 5.41) is 4.19. The van der Waals surface area contributed by atoms with Crippen molar-refractivity contribution in [1.82, 2.24) is 14.3 Å². The number of amides is 1. The number of hydrogen-bond acceptors (Lipinski definition) is 5. The number of methoxy groups -OCH3 is 2. The molecular weight excluding hydrogens is 328 g/mol. The largest absolute Gasteiger partial charge is 0.495 e. The van der Waals surface area contributed by atoms with Gasteiger partial charge in [0.1, 0.15) is 27.4 Å². The topological polar surface area (TPSA) is 70.6 Å². The Kier molecular flexibility index (Phi) is 4.15. The van der Waals surface area contributed by atoms with Gasteiger partial charge in [-0.3, -0.25) is 9.48 Å². The van der Waals surface area contributed by atoms with E-state index in [0.29, 0.717) is 16.2 Å². The fourth-order valence-electron chi connectivity index (χ4n) is 2.58. The number of carbonyl (C=O) groups is 1. The number of nitrogens with zero attached hydrogens (tertiary/aromatic N) is 4. The molecule has 3 rings (SSSR count). The van der Waals surface area contributed by atoms with Gasteiger partial charge in [0.2, 0.25) is 0 Å². The molecule has 0 aliphatic rings. The number of benzene rings is 1. The van der Waals surface area contributed by atoms with Crippen LogP contribution in [0.3, 0.4) is 0 Å².